The normalized spacial score (nSPS) is 10.2. The van der Waals surface area contributed by atoms with Crippen LogP contribution in [0.3, 0.4) is 0 Å². The molecule has 0 aliphatic heterocycles. The molecule has 0 aliphatic carbocycles. The predicted molar refractivity (Wildman–Crippen MR) is 72.0 cm³/mol. The van der Waals surface area contributed by atoms with Gasteiger partial charge in [0.2, 0.25) is 0 Å². The Morgan fingerprint density at radius 1 is 1.00 bits per heavy atom. The van der Waals surface area contributed by atoms with Crippen molar-refractivity contribution in [1.82, 2.24) is 0 Å². The van der Waals surface area contributed by atoms with E-state index in [0.717, 1.165) is 22.4 Å². The Hall–Kier alpha value is -2.16. The fraction of sp³-hybridized carbons (Fsp3) is 0.143. The van der Waals surface area contributed by atoms with Gasteiger partial charge in [0.05, 0.1) is 7.11 Å². The van der Waals surface area contributed by atoms with E-state index in [1.807, 2.05) is 31.2 Å². The molecule has 0 atom stereocenters. The van der Waals surface area contributed by atoms with Gasteiger partial charge in [0, 0.05) is 16.9 Å². The van der Waals surface area contributed by atoms with E-state index in [0.29, 0.717) is 11.4 Å². The molecule has 3 nitrogen and oxygen atoms in total. The number of anilines is 2. The number of methoxy groups -OCH3 is 1. The second kappa shape index (κ2) is 4.37. The molecule has 3 heteroatoms. The summed E-state index contributed by atoms with van der Waals surface area (Å²) in [7, 11) is 1.67. The summed E-state index contributed by atoms with van der Waals surface area (Å²) < 4.78 is 5.23. The lowest BCUT2D eigenvalue weighted by molar-refractivity contribution is 0.412. The van der Waals surface area contributed by atoms with Gasteiger partial charge in [0.15, 0.2) is 0 Å². The minimum atomic E-state index is 0.677. The molecule has 0 fully saturated rings. The summed E-state index contributed by atoms with van der Waals surface area (Å²) in [6.45, 7) is 2.01. The SMILES string of the molecule is COc1ccc(-c2ccc(N)cc2N)cc1C. The first-order chi connectivity index (χ1) is 8.11. The Morgan fingerprint density at radius 3 is 2.35 bits per heavy atom. The van der Waals surface area contributed by atoms with Gasteiger partial charge in [-0.3, -0.25) is 0 Å². The summed E-state index contributed by atoms with van der Waals surface area (Å²) >= 11 is 0. The van der Waals surface area contributed by atoms with Crippen molar-refractivity contribution in [2.75, 3.05) is 18.6 Å². The third kappa shape index (κ3) is 2.18. The zero-order valence-electron chi connectivity index (χ0n) is 10.0. The van der Waals surface area contributed by atoms with Crippen molar-refractivity contribution in [2.24, 2.45) is 0 Å². The molecule has 17 heavy (non-hydrogen) atoms. The minimum absolute atomic E-state index is 0.677. The van der Waals surface area contributed by atoms with Gasteiger partial charge in [-0.1, -0.05) is 12.1 Å². The lowest BCUT2D eigenvalue weighted by Gasteiger charge is -2.10. The Kier molecular flexibility index (Phi) is 2.91. The number of ether oxygens (including phenoxy) is 1. The summed E-state index contributed by atoms with van der Waals surface area (Å²) in [5.41, 5.74) is 16.2. The molecular weight excluding hydrogens is 212 g/mol. The van der Waals surface area contributed by atoms with Gasteiger partial charge in [-0.15, -0.1) is 0 Å². The second-order valence-corrected chi connectivity index (χ2v) is 4.03. The van der Waals surface area contributed by atoms with Crippen molar-refractivity contribution in [1.29, 1.82) is 0 Å². The second-order valence-electron chi connectivity index (χ2n) is 4.03. The van der Waals surface area contributed by atoms with E-state index in [9.17, 15) is 0 Å². The quantitative estimate of drug-likeness (QED) is 0.777. The van der Waals surface area contributed by atoms with E-state index < -0.39 is 0 Å². The maximum absolute atomic E-state index is 5.96. The monoisotopic (exact) mass is 228 g/mol. The van der Waals surface area contributed by atoms with E-state index in [2.05, 4.69) is 6.07 Å². The first-order valence-electron chi connectivity index (χ1n) is 5.42. The van der Waals surface area contributed by atoms with Gasteiger partial charge in [-0.2, -0.15) is 0 Å². The summed E-state index contributed by atoms with van der Waals surface area (Å²) in [5, 5.41) is 0. The van der Waals surface area contributed by atoms with Crippen molar-refractivity contribution in [3.63, 3.8) is 0 Å². The van der Waals surface area contributed by atoms with Crippen LogP contribution < -0.4 is 16.2 Å². The third-order valence-electron chi connectivity index (χ3n) is 2.78. The minimum Gasteiger partial charge on any atom is -0.496 e. The topological polar surface area (TPSA) is 61.3 Å². The van der Waals surface area contributed by atoms with Crippen LogP contribution in [0.5, 0.6) is 5.75 Å². The zero-order valence-corrected chi connectivity index (χ0v) is 10.0. The largest absolute Gasteiger partial charge is 0.496 e. The third-order valence-corrected chi connectivity index (χ3v) is 2.78. The Labute approximate surface area is 101 Å². The molecule has 0 bridgehead atoms. The average Bonchev–Trinajstić information content (AvgIpc) is 2.29. The van der Waals surface area contributed by atoms with Gasteiger partial charge >= 0.3 is 0 Å². The van der Waals surface area contributed by atoms with Crippen LogP contribution in [0.1, 0.15) is 5.56 Å². The van der Waals surface area contributed by atoms with Crippen molar-refractivity contribution >= 4 is 11.4 Å². The molecule has 0 saturated carbocycles. The molecular formula is C14H16N2O. The van der Waals surface area contributed by atoms with E-state index >= 15 is 0 Å². The number of rotatable bonds is 2. The van der Waals surface area contributed by atoms with E-state index in [1.165, 1.54) is 0 Å². The van der Waals surface area contributed by atoms with Crippen LogP contribution in [-0.4, -0.2) is 7.11 Å². The molecule has 0 heterocycles. The molecule has 0 saturated heterocycles. The molecule has 2 aromatic rings. The highest BCUT2D eigenvalue weighted by Crippen LogP contribution is 2.30. The van der Waals surface area contributed by atoms with Crippen LogP contribution >= 0.6 is 0 Å². The number of hydrogen-bond acceptors (Lipinski definition) is 3. The molecule has 4 N–H and O–H groups in total. The highest BCUT2D eigenvalue weighted by molar-refractivity contribution is 5.79. The van der Waals surface area contributed by atoms with Gasteiger partial charge in [-0.05, 0) is 42.3 Å². The highest BCUT2D eigenvalue weighted by Gasteiger charge is 2.05. The van der Waals surface area contributed by atoms with Crippen LogP contribution in [0.25, 0.3) is 11.1 Å². The fourth-order valence-electron chi connectivity index (χ4n) is 1.89. The molecule has 0 amide bonds. The average molecular weight is 228 g/mol. The number of nitrogens with two attached hydrogens (primary N) is 2. The van der Waals surface area contributed by atoms with Crippen molar-refractivity contribution < 1.29 is 4.74 Å². The van der Waals surface area contributed by atoms with Crippen molar-refractivity contribution in [3.05, 3.63) is 42.0 Å². The number of benzene rings is 2. The lowest BCUT2D eigenvalue weighted by Crippen LogP contribution is -1.94. The maximum Gasteiger partial charge on any atom is 0.121 e. The Morgan fingerprint density at radius 2 is 1.76 bits per heavy atom. The Balaban J connectivity index is 2.50. The van der Waals surface area contributed by atoms with Crippen LogP contribution in [0.4, 0.5) is 11.4 Å². The molecule has 2 aromatic carbocycles. The lowest BCUT2D eigenvalue weighted by atomic mass is 10.0. The summed E-state index contributed by atoms with van der Waals surface area (Å²) in [5.74, 6) is 0.878. The molecule has 0 unspecified atom stereocenters. The van der Waals surface area contributed by atoms with Gasteiger partial charge in [0.1, 0.15) is 5.75 Å². The maximum atomic E-state index is 5.96. The fourth-order valence-corrected chi connectivity index (χ4v) is 1.89. The van der Waals surface area contributed by atoms with E-state index in [-0.39, 0.29) is 0 Å². The van der Waals surface area contributed by atoms with Crippen molar-refractivity contribution in [3.8, 4) is 16.9 Å². The summed E-state index contributed by atoms with van der Waals surface area (Å²) in [6, 6.07) is 11.6. The first-order valence-corrected chi connectivity index (χ1v) is 5.42. The zero-order chi connectivity index (χ0) is 12.4. The summed E-state index contributed by atoms with van der Waals surface area (Å²) in [4.78, 5) is 0. The number of hydrogen-bond donors (Lipinski definition) is 2. The van der Waals surface area contributed by atoms with E-state index in [1.54, 1.807) is 13.2 Å². The number of aryl methyl sites for hydroxylation is 1. The molecule has 2 rings (SSSR count). The molecule has 0 radical (unpaired) electrons. The van der Waals surface area contributed by atoms with E-state index in [4.69, 9.17) is 16.2 Å². The van der Waals surface area contributed by atoms with Gasteiger partial charge in [0.25, 0.3) is 0 Å². The molecule has 0 aromatic heterocycles. The predicted octanol–water partition coefficient (Wildman–Crippen LogP) is 2.84. The standard InChI is InChI=1S/C14H16N2O/c1-9-7-10(3-6-14(9)17-2)12-5-4-11(15)8-13(12)16/h3-8H,15-16H2,1-2H3. The highest BCUT2D eigenvalue weighted by atomic mass is 16.5. The number of nitrogen functional groups attached to an aromatic ring is 2. The van der Waals surface area contributed by atoms with Gasteiger partial charge in [-0.25, -0.2) is 0 Å². The van der Waals surface area contributed by atoms with Gasteiger partial charge < -0.3 is 16.2 Å². The smallest absolute Gasteiger partial charge is 0.121 e. The van der Waals surface area contributed by atoms with Crippen molar-refractivity contribution in [2.45, 2.75) is 6.92 Å². The Bertz CT molecular complexity index is 550. The molecule has 0 spiro atoms. The summed E-state index contributed by atoms with van der Waals surface area (Å²) in [6.07, 6.45) is 0. The van der Waals surface area contributed by atoms with Crippen LogP contribution in [0, 0.1) is 6.92 Å². The molecule has 0 aliphatic rings. The first kappa shape index (κ1) is 11.3. The van der Waals surface area contributed by atoms with Crippen LogP contribution in [-0.2, 0) is 0 Å². The molecule has 88 valence electrons. The van der Waals surface area contributed by atoms with Crippen LogP contribution in [0.15, 0.2) is 36.4 Å². The van der Waals surface area contributed by atoms with Crippen LogP contribution in [0.2, 0.25) is 0 Å².